The minimum atomic E-state index is -1.09. The molecule has 10 nitrogen and oxygen atoms in total. The van der Waals surface area contributed by atoms with E-state index in [1.54, 1.807) is 0 Å². The summed E-state index contributed by atoms with van der Waals surface area (Å²) in [5.74, 6) is -5.79. The molecule has 34 heavy (non-hydrogen) atoms. The summed E-state index contributed by atoms with van der Waals surface area (Å²) >= 11 is 0. The summed E-state index contributed by atoms with van der Waals surface area (Å²) in [5.41, 5.74) is 0.116. The van der Waals surface area contributed by atoms with Gasteiger partial charge in [0.2, 0.25) is 0 Å². The van der Waals surface area contributed by atoms with E-state index in [9.17, 15) is 22.8 Å². The monoisotopic (exact) mass is 477 g/mol. The van der Waals surface area contributed by atoms with Crippen molar-refractivity contribution in [1.29, 1.82) is 0 Å². The lowest BCUT2D eigenvalue weighted by Gasteiger charge is -2.26. The highest BCUT2D eigenvalue weighted by Crippen LogP contribution is 2.29. The van der Waals surface area contributed by atoms with Crippen LogP contribution in [0.25, 0.3) is 0 Å². The van der Waals surface area contributed by atoms with Crippen molar-refractivity contribution in [3.8, 4) is 5.88 Å². The molecule has 0 atom stereocenters. The third-order valence-electron chi connectivity index (χ3n) is 5.16. The van der Waals surface area contributed by atoms with E-state index in [0.717, 1.165) is 18.2 Å². The molecule has 1 aromatic carbocycles. The van der Waals surface area contributed by atoms with Crippen molar-refractivity contribution in [3.05, 3.63) is 53.8 Å². The standard InChI is InChI=1S/C21H18F3N5O5/c22-14-6-3-11(7-15(14)23)27-21-29-28-19(34-21)17(30)26-12-8-16(24)18(25-9-12)33-13-4-1-10(2-5-13)20(31)32/h3,6-10,13H,1-2,4-5H2,(H,26,30)(H,27,29)(H,31,32)/t10-,13-. The zero-order chi connectivity index (χ0) is 24.2. The number of carboxylic acid groups (broad SMARTS) is 1. The summed E-state index contributed by atoms with van der Waals surface area (Å²) in [6.07, 6.45) is 2.64. The molecule has 1 amide bonds. The summed E-state index contributed by atoms with van der Waals surface area (Å²) in [6.45, 7) is 0. The highest BCUT2D eigenvalue weighted by molar-refractivity contribution is 6.00. The van der Waals surface area contributed by atoms with Crippen molar-refractivity contribution < 1.29 is 37.0 Å². The van der Waals surface area contributed by atoms with Gasteiger partial charge in [0.05, 0.1) is 17.8 Å². The fourth-order valence-corrected chi connectivity index (χ4v) is 3.41. The molecule has 0 saturated heterocycles. The van der Waals surface area contributed by atoms with Gasteiger partial charge in [-0.15, -0.1) is 5.10 Å². The van der Waals surface area contributed by atoms with Crippen LogP contribution in [0.1, 0.15) is 36.4 Å². The van der Waals surface area contributed by atoms with E-state index in [1.165, 1.54) is 12.3 Å². The maximum absolute atomic E-state index is 14.4. The van der Waals surface area contributed by atoms with Gasteiger partial charge in [0.1, 0.15) is 6.10 Å². The number of carbonyl (C=O) groups is 2. The molecule has 0 bridgehead atoms. The van der Waals surface area contributed by atoms with Crippen LogP contribution < -0.4 is 15.4 Å². The molecule has 3 aromatic rings. The largest absolute Gasteiger partial charge is 0.481 e. The number of pyridine rings is 1. The van der Waals surface area contributed by atoms with Gasteiger partial charge in [0.25, 0.3) is 5.88 Å². The highest BCUT2D eigenvalue weighted by atomic mass is 19.2. The van der Waals surface area contributed by atoms with Crippen LogP contribution in [0.3, 0.4) is 0 Å². The number of halogens is 3. The maximum Gasteiger partial charge on any atom is 0.320 e. The van der Waals surface area contributed by atoms with Crippen LogP contribution in [0.15, 0.2) is 34.9 Å². The van der Waals surface area contributed by atoms with E-state index >= 15 is 0 Å². The molecule has 1 aliphatic rings. The summed E-state index contributed by atoms with van der Waals surface area (Å²) in [4.78, 5) is 27.2. The van der Waals surface area contributed by atoms with Gasteiger partial charge in [-0.2, -0.15) is 0 Å². The topological polar surface area (TPSA) is 139 Å². The number of aromatic nitrogens is 3. The Morgan fingerprint density at radius 1 is 1.00 bits per heavy atom. The highest BCUT2D eigenvalue weighted by Gasteiger charge is 2.28. The molecule has 3 N–H and O–H groups in total. The zero-order valence-corrected chi connectivity index (χ0v) is 17.4. The predicted molar refractivity (Wildman–Crippen MR) is 110 cm³/mol. The van der Waals surface area contributed by atoms with Crippen molar-refractivity contribution >= 4 is 29.3 Å². The molecular formula is C21H18F3N5O5. The van der Waals surface area contributed by atoms with Crippen LogP contribution in [-0.4, -0.2) is 38.3 Å². The number of aliphatic carboxylic acids is 1. The number of benzene rings is 1. The van der Waals surface area contributed by atoms with Gasteiger partial charge in [-0.1, -0.05) is 5.10 Å². The summed E-state index contributed by atoms with van der Waals surface area (Å²) in [7, 11) is 0. The Balaban J connectivity index is 1.34. The normalized spacial score (nSPS) is 17.7. The number of carbonyl (C=O) groups excluding carboxylic acids is 1. The van der Waals surface area contributed by atoms with E-state index < -0.39 is 41.1 Å². The first-order chi connectivity index (χ1) is 16.3. The minimum absolute atomic E-state index is 0.00208. The second kappa shape index (κ2) is 9.77. The lowest BCUT2D eigenvalue weighted by Crippen LogP contribution is -2.28. The van der Waals surface area contributed by atoms with E-state index in [4.69, 9.17) is 14.3 Å². The lowest BCUT2D eigenvalue weighted by molar-refractivity contribution is -0.143. The molecule has 0 aliphatic heterocycles. The van der Waals surface area contributed by atoms with E-state index in [0.29, 0.717) is 25.7 Å². The number of carboxylic acids is 1. The second-order valence-corrected chi connectivity index (χ2v) is 7.56. The molecule has 1 saturated carbocycles. The average molecular weight is 477 g/mol. The molecule has 2 heterocycles. The van der Waals surface area contributed by atoms with Crippen molar-refractivity contribution in [2.24, 2.45) is 5.92 Å². The van der Waals surface area contributed by atoms with Gasteiger partial charge in [-0.3, -0.25) is 9.59 Å². The van der Waals surface area contributed by atoms with Gasteiger partial charge in [0, 0.05) is 17.8 Å². The molecule has 2 aromatic heterocycles. The quantitative estimate of drug-likeness (QED) is 0.462. The Bertz CT molecular complexity index is 1210. The van der Waals surface area contributed by atoms with Crippen LogP contribution in [-0.2, 0) is 4.79 Å². The number of anilines is 3. The first-order valence-corrected chi connectivity index (χ1v) is 10.2. The van der Waals surface area contributed by atoms with Gasteiger partial charge >= 0.3 is 23.8 Å². The Hall–Kier alpha value is -4.16. The number of nitrogens with one attached hydrogen (secondary N) is 2. The Kier molecular flexibility index (Phi) is 6.61. The molecular weight excluding hydrogens is 459 g/mol. The maximum atomic E-state index is 14.4. The third-order valence-corrected chi connectivity index (χ3v) is 5.16. The Morgan fingerprint density at radius 3 is 2.41 bits per heavy atom. The molecule has 4 rings (SSSR count). The number of amides is 1. The smallest absolute Gasteiger partial charge is 0.320 e. The van der Waals surface area contributed by atoms with Crippen LogP contribution in [0.4, 0.5) is 30.6 Å². The minimum Gasteiger partial charge on any atom is -0.481 e. The third kappa shape index (κ3) is 5.42. The number of rotatable bonds is 7. The summed E-state index contributed by atoms with van der Waals surface area (Å²) in [5, 5.41) is 21.0. The second-order valence-electron chi connectivity index (χ2n) is 7.56. The van der Waals surface area contributed by atoms with Crippen molar-refractivity contribution in [2.45, 2.75) is 31.8 Å². The molecule has 1 aliphatic carbocycles. The molecule has 0 unspecified atom stereocenters. The first-order valence-electron chi connectivity index (χ1n) is 10.2. The SMILES string of the molecule is O=C(Nc1cnc(O[C@H]2CC[C@H](C(=O)O)CC2)c(F)c1)c1nnc(Nc2ccc(F)c(F)c2)o1. The number of nitrogens with zero attached hydrogens (tertiary/aromatic N) is 3. The number of hydrogen-bond donors (Lipinski definition) is 3. The van der Waals surface area contributed by atoms with Gasteiger partial charge in [-0.25, -0.2) is 18.2 Å². The fourth-order valence-electron chi connectivity index (χ4n) is 3.41. The van der Waals surface area contributed by atoms with Crippen molar-refractivity contribution in [3.63, 3.8) is 0 Å². The van der Waals surface area contributed by atoms with Crippen molar-refractivity contribution in [1.82, 2.24) is 15.2 Å². The van der Waals surface area contributed by atoms with Gasteiger partial charge in [0.15, 0.2) is 17.5 Å². The molecule has 1 fully saturated rings. The Morgan fingerprint density at radius 2 is 1.74 bits per heavy atom. The van der Waals surface area contributed by atoms with Crippen molar-refractivity contribution in [2.75, 3.05) is 10.6 Å². The summed E-state index contributed by atoms with van der Waals surface area (Å²) < 4.78 is 51.4. The molecule has 0 radical (unpaired) electrons. The van der Waals surface area contributed by atoms with E-state index in [-0.39, 0.29) is 29.4 Å². The average Bonchev–Trinajstić information content (AvgIpc) is 3.27. The van der Waals surface area contributed by atoms with Crippen LogP contribution in [0.5, 0.6) is 5.88 Å². The lowest BCUT2D eigenvalue weighted by atomic mass is 9.87. The molecule has 178 valence electrons. The van der Waals surface area contributed by atoms with Crippen LogP contribution in [0.2, 0.25) is 0 Å². The number of ether oxygens (including phenoxy) is 1. The zero-order valence-electron chi connectivity index (χ0n) is 17.4. The van der Waals surface area contributed by atoms with Crippen LogP contribution in [0, 0.1) is 23.4 Å². The first kappa shape index (κ1) is 23.0. The van der Waals surface area contributed by atoms with E-state index in [1.807, 2.05) is 0 Å². The number of hydrogen-bond acceptors (Lipinski definition) is 8. The van der Waals surface area contributed by atoms with E-state index in [2.05, 4.69) is 25.8 Å². The predicted octanol–water partition coefficient (Wildman–Crippen LogP) is 3.90. The summed E-state index contributed by atoms with van der Waals surface area (Å²) in [6, 6.07) is 3.76. The fraction of sp³-hybridized carbons (Fsp3) is 0.286. The van der Waals surface area contributed by atoms with Gasteiger partial charge in [-0.05, 0) is 37.8 Å². The van der Waals surface area contributed by atoms with Crippen LogP contribution >= 0.6 is 0 Å². The molecule has 13 heteroatoms. The molecule has 0 spiro atoms. The van der Waals surface area contributed by atoms with Gasteiger partial charge < -0.3 is 24.9 Å². The Labute approximate surface area is 190 Å².